The van der Waals surface area contributed by atoms with Crippen molar-refractivity contribution in [2.45, 2.75) is 20.1 Å². The van der Waals surface area contributed by atoms with Crippen LogP contribution in [0.5, 0.6) is 5.75 Å². The molecule has 106 valence electrons. The van der Waals surface area contributed by atoms with Crippen molar-refractivity contribution in [3.05, 3.63) is 57.8 Å². The van der Waals surface area contributed by atoms with Crippen LogP contribution in [0.15, 0.2) is 36.5 Å². The highest BCUT2D eigenvalue weighted by Crippen LogP contribution is 2.24. The zero-order valence-corrected chi connectivity index (χ0v) is 12.7. The lowest BCUT2D eigenvalue weighted by Gasteiger charge is -2.07. The largest absolute Gasteiger partial charge is 0.487 e. The van der Waals surface area contributed by atoms with Crippen LogP contribution in [-0.2, 0) is 13.2 Å². The summed E-state index contributed by atoms with van der Waals surface area (Å²) in [4.78, 5) is 4.36. The van der Waals surface area contributed by atoms with Gasteiger partial charge in [-0.15, -0.1) is 0 Å². The van der Waals surface area contributed by atoms with Gasteiger partial charge in [-0.1, -0.05) is 36.2 Å². The molecule has 0 spiro atoms. The summed E-state index contributed by atoms with van der Waals surface area (Å²) in [5, 5.41) is 4.37. The molecule has 1 heterocycles. The highest BCUT2D eigenvalue weighted by atomic mass is 35.5. The Morgan fingerprint density at radius 1 is 1.15 bits per heavy atom. The van der Waals surface area contributed by atoms with E-state index in [4.69, 9.17) is 27.9 Å². The van der Waals surface area contributed by atoms with Crippen LogP contribution < -0.4 is 10.1 Å². The Balaban J connectivity index is 1.93. The van der Waals surface area contributed by atoms with Gasteiger partial charge in [-0.05, 0) is 36.4 Å². The van der Waals surface area contributed by atoms with Crippen LogP contribution in [0.3, 0.4) is 0 Å². The maximum atomic E-state index is 5.91. The van der Waals surface area contributed by atoms with Crippen LogP contribution in [0.1, 0.15) is 18.2 Å². The second kappa shape index (κ2) is 7.48. The number of ether oxygens (including phenoxy) is 1. The van der Waals surface area contributed by atoms with Gasteiger partial charge in [0.05, 0.1) is 5.69 Å². The fraction of sp³-hybridized carbons (Fsp3) is 0.267. The minimum atomic E-state index is 0.387. The Labute approximate surface area is 128 Å². The van der Waals surface area contributed by atoms with Crippen LogP contribution in [-0.4, -0.2) is 11.5 Å². The third-order valence-corrected chi connectivity index (χ3v) is 3.12. The fourth-order valence-corrected chi connectivity index (χ4v) is 2.19. The van der Waals surface area contributed by atoms with Crippen LogP contribution >= 0.6 is 23.2 Å². The minimum Gasteiger partial charge on any atom is -0.487 e. The third-order valence-electron chi connectivity index (χ3n) is 2.69. The van der Waals surface area contributed by atoms with Gasteiger partial charge in [0.1, 0.15) is 12.4 Å². The number of nitrogens with zero attached hydrogens (tertiary/aromatic N) is 1. The summed E-state index contributed by atoms with van der Waals surface area (Å²) < 4.78 is 5.63. The predicted octanol–water partition coefficient (Wildman–Crippen LogP) is 4.08. The van der Waals surface area contributed by atoms with Gasteiger partial charge in [0.15, 0.2) is 0 Å². The van der Waals surface area contributed by atoms with Crippen LogP contribution in [0.4, 0.5) is 0 Å². The molecule has 1 aromatic carbocycles. The van der Waals surface area contributed by atoms with Gasteiger partial charge in [-0.25, -0.2) is 0 Å². The number of halogens is 2. The van der Waals surface area contributed by atoms with E-state index in [0.717, 1.165) is 24.3 Å². The molecular weight excluding hydrogens is 295 g/mol. The van der Waals surface area contributed by atoms with Crippen LogP contribution in [0.25, 0.3) is 0 Å². The number of pyridine rings is 1. The number of hydrogen-bond donors (Lipinski definition) is 1. The highest BCUT2D eigenvalue weighted by Gasteiger charge is 2.01. The summed E-state index contributed by atoms with van der Waals surface area (Å²) in [5.41, 5.74) is 2.02. The molecular formula is C15H16Cl2N2O. The molecule has 0 aliphatic heterocycles. The summed E-state index contributed by atoms with van der Waals surface area (Å²) in [6, 6.07) is 9.13. The molecule has 5 heteroatoms. The summed E-state index contributed by atoms with van der Waals surface area (Å²) in [6.45, 7) is 4.23. The number of benzene rings is 1. The standard InChI is InChI=1S/C15H16Cl2N2O/c1-2-18-8-11-3-4-14(19-9-11)10-20-15-6-12(16)5-13(17)7-15/h3-7,9,18H,2,8,10H2,1H3. The fourth-order valence-electron chi connectivity index (χ4n) is 1.68. The van der Waals surface area contributed by atoms with Crippen molar-refractivity contribution in [3.63, 3.8) is 0 Å². The summed E-state index contributed by atoms with van der Waals surface area (Å²) in [6.07, 6.45) is 1.85. The maximum Gasteiger partial charge on any atom is 0.130 e. The number of nitrogens with one attached hydrogen (secondary N) is 1. The lowest BCUT2D eigenvalue weighted by Crippen LogP contribution is -2.12. The van der Waals surface area contributed by atoms with E-state index in [0.29, 0.717) is 22.4 Å². The van der Waals surface area contributed by atoms with Crippen molar-refractivity contribution in [1.29, 1.82) is 0 Å². The van der Waals surface area contributed by atoms with Gasteiger partial charge in [0.25, 0.3) is 0 Å². The van der Waals surface area contributed by atoms with Crippen molar-refractivity contribution >= 4 is 23.2 Å². The molecule has 0 atom stereocenters. The van der Waals surface area contributed by atoms with E-state index in [-0.39, 0.29) is 0 Å². The molecule has 0 aliphatic rings. The first-order valence-electron chi connectivity index (χ1n) is 6.41. The van der Waals surface area contributed by atoms with Gasteiger partial charge >= 0.3 is 0 Å². The van der Waals surface area contributed by atoms with Gasteiger partial charge in [0, 0.05) is 22.8 Å². The lowest BCUT2D eigenvalue weighted by molar-refractivity contribution is 0.301. The molecule has 20 heavy (non-hydrogen) atoms. The normalized spacial score (nSPS) is 10.6. The van der Waals surface area contributed by atoms with Crippen LogP contribution in [0.2, 0.25) is 10.0 Å². The van der Waals surface area contributed by atoms with Crippen molar-refractivity contribution < 1.29 is 4.74 Å². The molecule has 2 aromatic rings. The van der Waals surface area contributed by atoms with E-state index in [1.54, 1.807) is 18.2 Å². The van der Waals surface area contributed by atoms with Gasteiger partial charge in [-0.3, -0.25) is 4.98 Å². The summed E-state index contributed by atoms with van der Waals surface area (Å²) in [7, 11) is 0. The van der Waals surface area contributed by atoms with Crippen molar-refractivity contribution in [2.75, 3.05) is 6.54 Å². The molecule has 1 aromatic heterocycles. The molecule has 3 nitrogen and oxygen atoms in total. The minimum absolute atomic E-state index is 0.387. The number of aromatic nitrogens is 1. The smallest absolute Gasteiger partial charge is 0.130 e. The molecule has 0 unspecified atom stereocenters. The average Bonchev–Trinajstić information content (AvgIpc) is 2.43. The van der Waals surface area contributed by atoms with Gasteiger partial charge < -0.3 is 10.1 Å². The third kappa shape index (κ3) is 4.67. The van der Waals surface area contributed by atoms with E-state index in [1.165, 1.54) is 0 Å². The predicted molar refractivity (Wildman–Crippen MR) is 82.4 cm³/mol. The topological polar surface area (TPSA) is 34.1 Å². The molecule has 0 saturated heterocycles. The number of rotatable bonds is 6. The van der Waals surface area contributed by atoms with Crippen LogP contribution in [0, 0.1) is 0 Å². The van der Waals surface area contributed by atoms with Crippen molar-refractivity contribution in [1.82, 2.24) is 10.3 Å². The molecule has 0 amide bonds. The first-order chi connectivity index (χ1) is 9.67. The zero-order valence-electron chi connectivity index (χ0n) is 11.2. The Hall–Kier alpha value is -1.29. The molecule has 0 aliphatic carbocycles. The highest BCUT2D eigenvalue weighted by molar-refractivity contribution is 6.34. The Morgan fingerprint density at radius 3 is 2.50 bits per heavy atom. The van der Waals surface area contributed by atoms with E-state index in [1.807, 2.05) is 18.3 Å². The van der Waals surface area contributed by atoms with E-state index in [2.05, 4.69) is 17.2 Å². The van der Waals surface area contributed by atoms with Crippen molar-refractivity contribution in [2.24, 2.45) is 0 Å². The van der Waals surface area contributed by atoms with E-state index >= 15 is 0 Å². The second-order valence-corrected chi connectivity index (χ2v) is 5.20. The molecule has 1 N–H and O–H groups in total. The van der Waals surface area contributed by atoms with Crippen molar-refractivity contribution in [3.8, 4) is 5.75 Å². The lowest BCUT2D eigenvalue weighted by atomic mass is 10.2. The molecule has 0 bridgehead atoms. The molecule has 0 radical (unpaired) electrons. The Bertz CT molecular complexity index is 538. The van der Waals surface area contributed by atoms with E-state index in [9.17, 15) is 0 Å². The molecule has 2 rings (SSSR count). The average molecular weight is 311 g/mol. The van der Waals surface area contributed by atoms with Gasteiger partial charge in [0.2, 0.25) is 0 Å². The zero-order chi connectivity index (χ0) is 14.4. The number of hydrogen-bond acceptors (Lipinski definition) is 3. The Morgan fingerprint density at radius 2 is 1.90 bits per heavy atom. The molecule has 0 saturated carbocycles. The molecule has 0 fully saturated rings. The van der Waals surface area contributed by atoms with Gasteiger partial charge in [-0.2, -0.15) is 0 Å². The Kier molecular flexibility index (Phi) is 5.65. The second-order valence-electron chi connectivity index (χ2n) is 4.33. The SMILES string of the molecule is CCNCc1ccc(COc2cc(Cl)cc(Cl)c2)nc1. The summed E-state index contributed by atoms with van der Waals surface area (Å²) >= 11 is 11.8. The quantitative estimate of drug-likeness (QED) is 0.873. The summed E-state index contributed by atoms with van der Waals surface area (Å²) in [5.74, 6) is 0.640. The monoisotopic (exact) mass is 310 g/mol. The first-order valence-corrected chi connectivity index (χ1v) is 7.16. The first kappa shape index (κ1) is 15.1. The van der Waals surface area contributed by atoms with E-state index < -0.39 is 0 Å². The maximum absolute atomic E-state index is 5.91.